The van der Waals surface area contributed by atoms with E-state index in [9.17, 15) is 0 Å². The molecule has 1 aromatic rings. The van der Waals surface area contributed by atoms with Gasteiger partial charge < -0.3 is 0 Å². The molecule has 0 aliphatic heterocycles. The first-order valence-electron chi connectivity index (χ1n) is 2.67. The van der Waals surface area contributed by atoms with Gasteiger partial charge >= 0.3 is 0 Å². The molecule has 38 valence electrons. The summed E-state index contributed by atoms with van der Waals surface area (Å²) < 4.78 is 0. The van der Waals surface area contributed by atoms with Gasteiger partial charge in [0.05, 0.1) is 7.44 Å². The highest BCUT2D eigenvalue weighted by Gasteiger charge is 1.80. The van der Waals surface area contributed by atoms with Gasteiger partial charge in [-0.3, -0.25) is 0 Å². The lowest BCUT2D eigenvalue weighted by Crippen LogP contribution is -2.12. The normalized spacial score (nSPS) is 10.5. The fourth-order valence-electron chi connectivity index (χ4n) is 0.614. The molecule has 0 bridgehead atoms. The van der Waals surface area contributed by atoms with Crippen molar-refractivity contribution in [2.75, 3.05) is 0 Å². The highest BCUT2D eigenvalue weighted by atomic mass is 28.2. The van der Waals surface area contributed by atoms with E-state index in [0.29, 0.717) is 0 Å². The standard InChI is InChI=1S/C6H7BSi/c7-8-6-4-2-1-3-5-6/h1-5H,8H2. The molecule has 0 N–H and O–H groups in total. The molecule has 2 heteroatoms. The third-order valence-corrected chi connectivity index (χ3v) is 2.02. The minimum absolute atomic E-state index is 0.409. The summed E-state index contributed by atoms with van der Waals surface area (Å²) >= 11 is 0. The van der Waals surface area contributed by atoms with E-state index in [0.717, 1.165) is 0 Å². The van der Waals surface area contributed by atoms with E-state index in [1.807, 2.05) is 18.2 Å². The van der Waals surface area contributed by atoms with Gasteiger partial charge in [-0.25, -0.2) is 0 Å². The molecule has 0 spiro atoms. The Kier molecular flexibility index (Phi) is 1.92. The minimum Gasteiger partial charge on any atom is -0.0756 e. The molecule has 0 atom stereocenters. The predicted octanol–water partition coefficient (Wildman–Crippen LogP) is -0.436. The van der Waals surface area contributed by atoms with Crippen LogP contribution < -0.4 is 5.19 Å². The maximum atomic E-state index is 5.49. The first-order valence-corrected chi connectivity index (χ1v) is 4.20. The number of hydrogen-bond acceptors (Lipinski definition) is 0. The van der Waals surface area contributed by atoms with Crippen LogP contribution in [0.2, 0.25) is 0 Å². The van der Waals surface area contributed by atoms with Crippen LogP contribution in [0.15, 0.2) is 30.3 Å². The van der Waals surface area contributed by atoms with Crippen LogP contribution >= 0.6 is 0 Å². The average Bonchev–Trinajstić information content (AvgIpc) is 1.90. The second kappa shape index (κ2) is 2.72. The first kappa shape index (κ1) is 5.64. The molecule has 0 aromatic heterocycles. The van der Waals surface area contributed by atoms with Crippen molar-refractivity contribution in [2.45, 2.75) is 0 Å². The van der Waals surface area contributed by atoms with Crippen molar-refractivity contribution < 1.29 is 0 Å². The van der Waals surface area contributed by atoms with Crippen molar-refractivity contribution >= 4 is 22.0 Å². The van der Waals surface area contributed by atoms with Crippen molar-refractivity contribution in [3.8, 4) is 0 Å². The Morgan fingerprint density at radius 2 is 1.75 bits per heavy atom. The molecular formula is C6H7BSi. The van der Waals surface area contributed by atoms with Crippen LogP contribution in [0, 0.1) is 0 Å². The quantitative estimate of drug-likeness (QED) is 0.439. The number of rotatable bonds is 1. The van der Waals surface area contributed by atoms with Crippen molar-refractivity contribution in [1.82, 2.24) is 0 Å². The van der Waals surface area contributed by atoms with Crippen LogP contribution in [0.3, 0.4) is 0 Å². The highest BCUT2D eigenvalue weighted by molar-refractivity contribution is 6.97. The third-order valence-electron chi connectivity index (χ3n) is 1.08. The van der Waals surface area contributed by atoms with E-state index in [4.69, 9.17) is 7.44 Å². The SMILES string of the molecule is [B][SiH2]c1ccccc1. The van der Waals surface area contributed by atoms with Gasteiger partial charge in [-0.2, -0.15) is 0 Å². The Morgan fingerprint density at radius 3 is 2.12 bits per heavy atom. The van der Waals surface area contributed by atoms with Gasteiger partial charge in [-0.1, -0.05) is 35.5 Å². The predicted molar refractivity (Wildman–Crippen MR) is 40.4 cm³/mol. The van der Waals surface area contributed by atoms with E-state index in [1.54, 1.807) is 0 Å². The summed E-state index contributed by atoms with van der Waals surface area (Å²) in [6.07, 6.45) is 0. The summed E-state index contributed by atoms with van der Waals surface area (Å²) in [7, 11) is 5.08. The van der Waals surface area contributed by atoms with Crippen LogP contribution in [-0.2, 0) is 0 Å². The number of benzene rings is 1. The smallest absolute Gasteiger partial charge is 0.0543 e. The summed E-state index contributed by atoms with van der Waals surface area (Å²) in [6.45, 7) is 0. The van der Waals surface area contributed by atoms with Gasteiger partial charge in [0.2, 0.25) is 0 Å². The summed E-state index contributed by atoms with van der Waals surface area (Å²) in [4.78, 5) is 0. The molecule has 0 heterocycles. The Hall–Kier alpha value is -0.498. The van der Waals surface area contributed by atoms with Crippen LogP contribution in [-0.4, -0.2) is 16.8 Å². The zero-order chi connectivity index (χ0) is 5.82. The fraction of sp³-hybridized carbons (Fsp3) is 0. The van der Waals surface area contributed by atoms with Gasteiger partial charge in [-0.05, 0) is 0 Å². The summed E-state index contributed by atoms with van der Waals surface area (Å²) in [5, 5.41) is 1.33. The molecule has 0 amide bonds. The Bertz CT molecular complexity index is 150. The lowest BCUT2D eigenvalue weighted by Gasteiger charge is -1.89. The van der Waals surface area contributed by atoms with E-state index in [-0.39, 0.29) is 0 Å². The molecule has 0 nitrogen and oxygen atoms in total. The monoisotopic (exact) mass is 118 g/mol. The second-order valence-corrected chi connectivity index (χ2v) is 2.91. The van der Waals surface area contributed by atoms with E-state index < -0.39 is 9.39 Å². The maximum Gasteiger partial charge on any atom is 0.0543 e. The summed E-state index contributed by atoms with van der Waals surface area (Å²) in [5.74, 6) is 0. The molecule has 2 radical (unpaired) electrons. The Labute approximate surface area is 53.1 Å². The topological polar surface area (TPSA) is 0 Å². The Balaban J connectivity index is 2.83. The second-order valence-electron chi connectivity index (χ2n) is 1.69. The lowest BCUT2D eigenvalue weighted by molar-refractivity contribution is 1.77. The van der Waals surface area contributed by atoms with Crippen LogP contribution in [0.25, 0.3) is 0 Å². The molecule has 0 aliphatic rings. The van der Waals surface area contributed by atoms with Gasteiger partial charge in [0.1, 0.15) is 0 Å². The fourth-order valence-corrected chi connectivity index (χ4v) is 1.16. The third kappa shape index (κ3) is 1.24. The first-order chi connectivity index (χ1) is 3.93. The van der Waals surface area contributed by atoms with Crippen molar-refractivity contribution in [3.63, 3.8) is 0 Å². The molecule has 1 rings (SSSR count). The lowest BCUT2D eigenvalue weighted by atomic mass is 10.4. The molecule has 0 saturated heterocycles. The van der Waals surface area contributed by atoms with Crippen molar-refractivity contribution in [1.29, 1.82) is 0 Å². The zero-order valence-corrected chi connectivity index (χ0v) is 6.09. The van der Waals surface area contributed by atoms with Crippen LogP contribution in [0.5, 0.6) is 0 Å². The van der Waals surface area contributed by atoms with E-state index in [2.05, 4.69) is 12.1 Å². The Morgan fingerprint density at radius 1 is 1.12 bits per heavy atom. The molecular weight excluding hydrogens is 111 g/mol. The van der Waals surface area contributed by atoms with Crippen molar-refractivity contribution in [3.05, 3.63) is 30.3 Å². The van der Waals surface area contributed by atoms with Gasteiger partial charge in [0.15, 0.2) is 0 Å². The summed E-state index contributed by atoms with van der Waals surface area (Å²) in [6, 6.07) is 10.2. The van der Waals surface area contributed by atoms with Gasteiger partial charge in [0, 0.05) is 9.39 Å². The van der Waals surface area contributed by atoms with E-state index in [1.165, 1.54) is 5.19 Å². The molecule has 0 fully saturated rings. The average molecular weight is 118 g/mol. The molecule has 0 aliphatic carbocycles. The largest absolute Gasteiger partial charge is 0.0756 e. The van der Waals surface area contributed by atoms with Gasteiger partial charge in [-0.15, -0.1) is 0 Å². The van der Waals surface area contributed by atoms with Gasteiger partial charge in [0.25, 0.3) is 0 Å². The summed E-state index contributed by atoms with van der Waals surface area (Å²) in [5.41, 5.74) is 0. The van der Waals surface area contributed by atoms with E-state index >= 15 is 0 Å². The zero-order valence-electron chi connectivity index (χ0n) is 4.67. The van der Waals surface area contributed by atoms with Crippen LogP contribution in [0.1, 0.15) is 0 Å². The molecule has 0 saturated carbocycles. The molecule has 0 unspecified atom stereocenters. The maximum absolute atomic E-state index is 5.49. The van der Waals surface area contributed by atoms with Crippen LogP contribution in [0.4, 0.5) is 0 Å². The molecule has 8 heavy (non-hydrogen) atoms. The molecule has 1 aromatic carbocycles. The minimum atomic E-state index is -0.409. The number of hydrogen-bond donors (Lipinski definition) is 0. The highest BCUT2D eigenvalue weighted by Crippen LogP contribution is 1.78. The van der Waals surface area contributed by atoms with Crippen molar-refractivity contribution in [2.24, 2.45) is 0 Å².